The first-order valence-corrected chi connectivity index (χ1v) is 5.89. The molecule has 0 aliphatic carbocycles. The zero-order valence-corrected chi connectivity index (χ0v) is 11.1. The number of nitrogens with zero attached hydrogens (tertiary/aromatic N) is 1. The van der Waals surface area contributed by atoms with Crippen molar-refractivity contribution in [1.29, 1.82) is 0 Å². The average molecular weight is 302 g/mol. The van der Waals surface area contributed by atoms with Gasteiger partial charge in [-0.25, -0.2) is 22.0 Å². The summed E-state index contributed by atoms with van der Waals surface area (Å²) in [6.07, 6.45) is 0. The van der Waals surface area contributed by atoms with Crippen molar-refractivity contribution in [2.75, 3.05) is 24.3 Å². The summed E-state index contributed by atoms with van der Waals surface area (Å²) in [7, 11) is 3.36. The van der Waals surface area contributed by atoms with Gasteiger partial charge in [0.1, 0.15) is 5.69 Å². The van der Waals surface area contributed by atoms with Crippen LogP contribution in [0, 0.1) is 29.1 Å². The van der Waals surface area contributed by atoms with Crippen LogP contribution in [0.25, 0.3) is 0 Å². The van der Waals surface area contributed by atoms with E-state index in [-0.39, 0.29) is 5.69 Å². The number of benzene rings is 2. The Bertz CT molecular complexity index is 656. The number of anilines is 3. The van der Waals surface area contributed by atoms with Gasteiger partial charge in [-0.05, 0) is 12.1 Å². The zero-order chi connectivity index (χ0) is 15.7. The molecule has 0 unspecified atom stereocenters. The Hall–Kier alpha value is -2.31. The summed E-state index contributed by atoms with van der Waals surface area (Å²) in [5.74, 6) is -9.96. The summed E-state index contributed by atoms with van der Waals surface area (Å²) in [6.45, 7) is 0. The van der Waals surface area contributed by atoms with E-state index in [0.717, 1.165) is 0 Å². The predicted octanol–water partition coefficient (Wildman–Crippen LogP) is 4.19. The zero-order valence-electron chi connectivity index (χ0n) is 11.1. The van der Waals surface area contributed by atoms with Gasteiger partial charge in [-0.2, -0.15) is 0 Å². The van der Waals surface area contributed by atoms with Crippen molar-refractivity contribution in [3.8, 4) is 0 Å². The molecule has 7 heteroatoms. The van der Waals surface area contributed by atoms with E-state index in [1.807, 2.05) is 0 Å². The van der Waals surface area contributed by atoms with Gasteiger partial charge in [0, 0.05) is 14.1 Å². The van der Waals surface area contributed by atoms with Crippen LogP contribution in [0.5, 0.6) is 0 Å². The van der Waals surface area contributed by atoms with Gasteiger partial charge in [-0.15, -0.1) is 0 Å². The van der Waals surface area contributed by atoms with Crippen molar-refractivity contribution in [3.05, 3.63) is 53.4 Å². The van der Waals surface area contributed by atoms with Crippen LogP contribution in [-0.2, 0) is 0 Å². The third kappa shape index (κ3) is 2.63. The topological polar surface area (TPSA) is 15.3 Å². The molecule has 0 saturated carbocycles. The number of hydrogen-bond acceptors (Lipinski definition) is 2. The van der Waals surface area contributed by atoms with E-state index in [1.165, 1.54) is 6.07 Å². The van der Waals surface area contributed by atoms with E-state index in [1.54, 1.807) is 37.2 Å². The van der Waals surface area contributed by atoms with Gasteiger partial charge in [0.15, 0.2) is 23.3 Å². The molecule has 0 aliphatic rings. The normalized spacial score (nSPS) is 10.6. The van der Waals surface area contributed by atoms with E-state index in [2.05, 4.69) is 5.32 Å². The number of hydrogen-bond donors (Lipinski definition) is 1. The highest BCUT2D eigenvalue weighted by Gasteiger charge is 2.26. The SMILES string of the molecule is CN(C)c1ccccc1Nc1c(F)c(F)c(F)c(F)c1F. The van der Waals surface area contributed by atoms with Crippen LogP contribution in [0.2, 0.25) is 0 Å². The fraction of sp³-hybridized carbons (Fsp3) is 0.143. The lowest BCUT2D eigenvalue weighted by Gasteiger charge is -2.19. The van der Waals surface area contributed by atoms with Crippen molar-refractivity contribution in [3.63, 3.8) is 0 Å². The Kier molecular flexibility index (Phi) is 4.02. The van der Waals surface area contributed by atoms with Crippen LogP contribution < -0.4 is 10.2 Å². The summed E-state index contributed by atoms with van der Waals surface area (Å²) < 4.78 is 66.5. The molecule has 0 radical (unpaired) electrons. The van der Waals surface area contributed by atoms with Gasteiger partial charge in [-0.3, -0.25) is 0 Å². The molecule has 0 spiro atoms. The van der Waals surface area contributed by atoms with Gasteiger partial charge >= 0.3 is 0 Å². The third-order valence-electron chi connectivity index (χ3n) is 2.86. The first-order valence-electron chi connectivity index (χ1n) is 5.89. The van der Waals surface area contributed by atoms with Gasteiger partial charge < -0.3 is 10.2 Å². The first kappa shape index (κ1) is 15.1. The summed E-state index contributed by atoms with van der Waals surface area (Å²) in [5.41, 5.74) is -0.340. The molecule has 0 atom stereocenters. The maximum atomic E-state index is 13.6. The van der Waals surface area contributed by atoms with Crippen LogP contribution in [0.15, 0.2) is 24.3 Å². The average Bonchev–Trinajstić information content (AvgIpc) is 2.48. The highest BCUT2D eigenvalue weighted by Crippen LogP contribution is 2.33. The smallest absolute Gasteiger partial charge is 0.200 e. The Morgan fingerprint density at radius 1 is 0.762 bits per heavy atom. The first-order chi connectivity index (χ1) is 9.84. The highest BCUT2D eigenvalue weighted by molar-refractivity contribution is 5.75. The molecule has 0 aliphatic heterocycles. The molecule has 21 heavy (non-hydrogen) atoms. The molecule has 0 saturated heterocycles. The number of rotatable bonds is 3. The lowest BCUT2D eigenvalue weighted by molar-refractivity contribution is 0.382. The van der Waals surface area contributed by atoms with Crippen molar-refractivity contribution in [1.82, 2.24) is 0 Å². The van der Waals surface area contributed by atoms with Crippen molar-refractivity contribution in [2.45, 2.75) is 0 Å². The third-order valence-corrected chi connectivity index (χ3v) is 2.86. The Morgan fingerprint density at radius 2 is 1.24 bits per heavy atom. The molecular weight excluding hydrogens is 291 g/mol. The minimum absolute atomic E-state index is 0.214. The maximum absolute atomic E-state index is 13.6. The second kappa shape index (κ2) is 5.59. The monoisotopic (exact) mass is 302 g/mol. The van der Waals surface area contributed by atoms with Crippen LogP contribution >= 0.6 is 0 Å². The van der Waals surface area contributed by atoms with Gasteiger partial charge in [-0.1, -0.05) is 12.1 Å². The fourth-order valence-electron chi connectivity index (χ4n) is 1.82. The Balaban J connectivity index is 2.56. The van der Waals surface area contributed by atoms with Gasteiger partial charge in [0.05, 0.1) is 11.4 Å². The molecule has 0 aromatic heterocycles. The van der Waals surface area contributed by atoms with E-state index in [0.29, 0.717) is 5.69 Å². The van der Waals surface area contributed by atoms with Gasteiger partial charge in [0.25, 0.3) is 0 Å². The molecule has 2 aromatic carbocycles. The van der Waals surface area contributed by atoms with Crippen LogP contribution in [-0.4, -0.2) is 14.1 Å². The summed E-state index contributed by atoms with van der Waals surface area (Å²) >= 11 is 0. The lowest BCUT2D eigenvalue weighted by atomic mass is 10.2. The molecular formula is C14H11F5N2. The molecule has 1 N–H and O–H groups in total. The van der Waals surface area contributed by atoms with E-state index in [4.69, 9.17) is 0 Å². The van der Waals surface area contributed by atoms with E-state index in [9.17, 15) is 22.0 Å². The molecule has 0 heterocycles. The molecule has 0 amide bonds. The Labute approximate surface area is 117 Å². The standard InChI is InChI=1S/C14H11F5N2/c1-21(2)8-6-4-3-5-7(8)20-14-12(18)10(16)9(15)11(17)13(14)19/h3-6,20H,1-2H3. The van der Waals surface area contributed by atoms with Crippen LogP contribution in [0.3, 0.4) is 0 Å². The van der Waals surface area contributed by atoms with Crippen LogP contribution in [0.1, 0.15) is 0 Å². The molecule has 0 fully saturated rings. The van der Waals surface area contributed by atoms with E-state index < -0.39 is 34.8 Å². The summed E-state index contributed by atoms with van der Waals surface area (Å²) in [6, 6.07) is 6.35. The molecule has 2 nitrogen and oxygen atoms in total. The van der Waals surface area contributed by atoms with Crippen molar-refractivity contribution >= 4 is 17.1 Å². The largest absolute Gasteiger partial charge is 0.376 e. The summed E-state index contributed by atoms with van der Waals surface area (Å²) in [4.78, 5) is 1.63. The molecule has 0 bridgehead atoms. The van der Waals surface area contributed by atoms with E-state index >= 15 is 0 Å². The number of para-hydroxylation sites is 2. The number of nitrogens with one attached hydrogen (secondary N) is 1. The lowest BCUT2D eigenvalue weighted by Crippen LogP contribution is -2.12. The second-order valence-corrected chi connectivity index (χ2v) is 4.48. The highest BCUT2D eigenvalue weighted by atomic mass is 19.2. The van der Waals surface area contributed by atoms with Crippen molar-refractivity contribution in [2.24, 2.45) is 0 Å². The van der Waals surface area contributed by atoms with Crippen molar-refractivity contribution < 1.29 is 22.0 Å². The van der Waals surface area contributed by atoms with Crippen LogP contribution in [0.4, 0.5) is 39.0 Å². The maximum Gasteiger partial charge on any atom is 0.200 e. The molecule has 112 valence electrons. The van der Waals surface area contributed by atoms with Gasteiger partial charge in [0.2, 0.25) is 5.82 Å². The summed E-state index contributed by atoms with van der Waals surface area (Å²) in [5, 5.41) is 2.26. The number of halogens is 5. The minimum Gasteiger partial charge on any atom is -0.376 e. The molecule has 2 aromatic rings. The fourth-order valence-corrected chi connectivity index (χ4v) is 1.82. The predicted molar refractivity (Wildman–Crippen MR) is 70.3 cm³/mol. The minimum atomic E-state index is -2.18. The second-order valence-electron chi connectivity index (χ2n) is 4.48. The Morgan fingerprint density at radius 3 is 1.76 bits per heavy atom. The quantitative estimate of drug-likeness (QED) is 0.519. The molecule has 2 rings (SSSR count).